The number of anilines is 1. The van der Waals surface area contributed by atoms with E-state index < -0.39 is 0 Å². The van der Waals surface area contributed by atoms with Gasteiger partial charge in [-0.2, -0.15) is 0 Å². The number of nitrogens with zero attached hydrogens (tertiary/aromatic N) is 4. The number of carbonyl (C=O) groups is 1. The van der Waals surface area contributed by atoms with Crippen molar-refractivity contribution in [1.29, 1.82) is 0 Å². The summed E-state index contributed by atoms with van der Waals surface area (Å²) in [6, 6.07) is 7.00. The minimum atomic E-state index is -0.232. The Balaban J connectivity index is 1.42. The Bertz CT molecular complexity index is 721. The van der Waals surface area contributed by atoms with Gasteiger partial charge in [0.2, 0.25) is 11.8 Å². The first-order valence-corrected chi connectivity index (χ1v) is 9.13. The lowest BCUT2D eigenvalue weighted by atomic mass is 10.1. The van der Waals surface area contributed by atoms with Crippen LogP contribution in [0.5, 0.6) is 0 Å². The molecule has 0 atom stereocenters. The standard InChI is InChI=1S/C19H25FN4O2/c1-14(2)18-21-22-19(26-18)24-12-10-23(11-13-24)17(25)5-3-4-15-6-8-16(20)9-7-15/h6-9,14H,3-5,10-13H2,1-2H3. The summed E-state index contributed by atoms with van der Waals surface area (Å²) in [7, 11) is 0. The molecule has 3 rings (SSSR count). The van der Waals surface area contributed by atoms with Crippen molar-refractivity contribution >= 4 is 11.9 Å². The van der Waals surface area contributed by atoms with Crippen LogP contribution in [0.1, 0.15) is 44.1 Å². The molecule has 26 heavy (non-hydrogen) atoms. The van der Waals surface area contributed by atoms with Crippen LogP contribution in [0.25, 0.3) is 0 Å². The molecule has 6 nitrogen and oxygen atoms in total. The zero-order valence-corrected chi connectivity index (χ0v) is 15.3. The van der Waals surface area contributed by atoms with Crippen molar-refractivity contribution in [3.05, 3.63) is 41.5 Å². The third kappa shape index (κ3) is 4.59. The summed E-state index contributed by atoms with van der Waals surface area (Å²) >= 11 is 0. The molecule has 0 radical (unpaired) electrons. The van der Waals surface area contributed by atoms with Gasteiger partial charge in [0.25, 0.3) is 0 Å². The van der Waals surface area contributed by atoms with Crippen LogP contribution in [-0.4, -0.2) is 47.2 Å². The quantitative estimate of drug-likeness (QED) is 0.792. The fourth-order valence-corrected chi connectivity index (χ4v) is 2.99. The molecule has 0 bridgehead atoms. The second-order valence-corrected chi connectivity index (χ2v) is 6.93. The van der Waals surface area contributed by atoms with Gasteiger partial charge in [-0.05, 0) is 30.5 Å². The highest BCUT2D eigenvalue weighted by Gasteiger charge is 2.24. The Morgan fingerprint density at radius 1 is 1.15 bits per heavy atom. The molecule has 0 N–H and O–H groups in total. The highest BCUT2D eigenvalue weighted by molar-refractivity contribution is 5.76. The molecular formula is C19H25FN4O2. The molecule has 0 saturated carbocycles. The lowest BCUT2D eigenvalue weighted by Crippen LogP contribution is -2.48. The molecule has 1 fully saturated rings. The number of halogens is 1. The van der Waals surface area contributed by atoms with Gasteiger partial charge in [-0.1, -0.05) is 31.1 Å². The van der Waals surface area contributed by atoms with Gasteiger partial charge in [0.05, 0.1) is 0 Å². The summed E-state index contributed by atoms with van der Waals surface area (Å²) < 4.78 is 18.6. The molecule has 0 spiro atoms. The van der Waals surface area contributed by atoms with Gasteiger partial charge in [0.15, 0.2) is 0 Å². The summed E-state index contributed by atoms with van der Waals surface area (Å²) in [5, 5.41) is 8.16. The summed E-state index contributed by atoms with van der Waals surface area (Å²) in [5.74, 6) is 0.782. The van der Waals surface area contributed by atoms with Gasteiger partial charge in [-0.15, -0.1) is 5.10 Å². The van der Waals surface area contributed by atoms with Crippen molar-refractivity contribution in [2.75, 3.05) is 31.1 Å². The molecule has 0 aliphatic carbocycles. The fourth-order valence-electron chi connectivity index (χ4n) is 2.99. The lowest BCUT2D eigenvalue weighted by molar-refractivity contribution is -0.131. The molecule has 1 aliphatic heterocycles. The lowest BCUT2D eigenvalue weighted by Gasteiger charge is -2.33. The Kier molecular flexibility index (Phi) is 5.85. The van der Waals surface area contributed by atoms with Gasteiger partial charge < -0.3 is 14.2 Å². The van der Waals surface area contributed by atoms with E-state index in [1.54, 1.807) is 12.1 Å². The SMILES string of the molecule is CC(C)c1nnc(N2CCN(C(=O)CCCc3ccc(F)cc3)CC2)o1. The molecule has 2 aromatic rings. The van der Waals surface area contributed by atoms with Crippen molar-refractivity contribution in [3.63, 3.8) is 0 Å². The number of amides is 1. The maximum Gasteiger partial charge on any atom is 0.318 e. The number of benzene rings is 1. The van der Waals surface area contributed by atoms with Gasteiger partial charge >= 0.3 is 6.01 Å². The summed E-state index contributed by atoms with van der Waals surface area (Å²) in [5.41, 5.74) is 1.06. The van der Waals surface area contributed by atoms with Crippen LogP contribution in [-0.2, 0) is 11.2 Å². The monoisotopic (exact) mass is 360 g/mol. The molecule has 1 amide bonds. The van der Waals surface area contributed by atoms with Crippen LogP contribution in [0.15, 0.2) is 28.7 Å². The molecule has 0 unspecified atom stereocenters. The van der Waals surface area contributed by atoms with Gasteiger partial charge in [-0.25, -0.2) is 4.39 Å². The summed E-state index contributed by atoms with van der Waals surface area (Å²) in [6.07, 6.45) is 2.06. The Morgan fingerprint density at radius 3 is 2.46 bits per heavy atom. The molecule has 7 heteroatoms. The minimum Gasteiger partial charge on any atom is -0.408 e. The third-order valence-electron chi connectivity index (χ3n) is 4.60. The average Bonchev–Trinajstić information content (AvgIpc) is 3.14. The molecule has 1 aromatic carbocycles. The minimum absolute atomic E-state index is 0.167. The predicted molar refractivity (Wildman–Crippen MR) is 96.5 cm³/mol. The van der Waals surface area contributed by atoms with Crippen LogP contribution < -0.4 is 4.90 Å². The van der Waals surface area contributed by atoms with E-state index in [0.29, 0.717) is 44.5 Å². The smallest absolute Gasteiger partial charge is 0.318 e. The first-order chi connectivity index (χ1) is 12.5. The first kappa shape index (κ1) is 18.4. The number of piperazine rings is 1. The van der Waals surface area contributed by atoms with Gasteiger partial charge in [-0.3, -0.25) is 4.79 Å². The van der Waals surface area contributed by atoms with Gasteiger partial charge in [0.1, 0.15) is 5.82 Å². The third-order valence-corrected chi connectivity index (χ3v) is 4.60. The number of carbonyl (C=O) groups excluding carboxylic acids is 1. The maximum absolute atomic E-state index is 12.9. The number of aryl methyl sites for hydroxylation is 1. The fraction of sp³-hybridized carbons (Fsp3) is 0.526. The summed E-state index contributed by atoms with van der Waals surface area (Å²) in [4.78, 5) is 16.3. The van der Waals surface area contributed by atoms with Crippen LogP contribution in [0, 0.1) is 5.82 Å². The Labute approximate surface area is 153 Å². The van der Waals surface area contributed by atoms with Crippen LogP contribution in [0.4, 0.5) is 10.4 Å². The number of hydrogen-bond acceptors (Lipinski definition) is 5. The topological polar surface area (TPSA) is 62.5 Å². The molecule has 140 valence electrons. The van der Waals surface area contributed by atoms with Crippen LogP contribution in [0.3, 0.4) is 0 Å². The normalized spacial score (nSPS) is 14.9. The van der Waals surface area contributed by atoms with E-state index >= 15 is 0 Å². The summed E-state index contributed by atoms with van der Waals surface area (Å²) in [6.45, 7) is 6.75. The highest BCUT2D eigenvalue weighted by Crippen LogP contribution is 2.19. The molecule has 1 aliphatic rings. The Hall–Kier alpha value is -2.44. The van der Waals surface area contributed by atoms with E-state index in [1.165, 1.54) is 12.1 Å². The largest absolute Gasteiger partial charge is 0.408 e. The maximum atomic E-state index is 12.9. The molecule has 2 heterocycles. The zero-order valence-electron chi connectivity index (χ0n) is 15.3. The van der Waals surface area contributed by atoms with Gasteiger partial charge in [0, 0.05) is 38.5 Å². The second kappa shape index (κ2) is 8.29. The van der Waals surface area contributed by atoms with E-state index in [4.69, 9.17) is 4.42 Å². The Morgan fingerprint density at radius 2 is 1.85 bits per heavy atom. The first-order valence-electron chi connectivity index (χ1n) is 9.13. The van der Waals surface area contributed by atoms with E-state index in [9.17, 15) is 9.18 Å². The van der Waals surface area contributed by atoms with E-state index in [2.05, 4.69) is 10.2 Å². The van der Waals surface area contributed by atoms with Crippen LogP contribution in [0.2, 0.25) is 0 Å². The van der Waals surface area contributed by atoms with Crippen molar-refractivity contribution in [3.8, 4) is 0 Å². The zero-order chi connectivity index (χ0) is 18.5. The molecule has 1 saturated heterocycles. The van der Waals surface area contributed by atoms with Crippen molar-refractivity contribution in [1.82, 2.24) is 15.1 Å². The van der Waals surface area contributed by atoms with E-state index in [1.807, 2.05) is 23.6 Å². The predicted octanol–water partition coefficient (Wildman–Crippen LogP) is 3.00. The van der Waals surface area contributed by atoms with Crippen molar-refractivity contribution in [2.45, 2.75) is 39.0 Å². The average molecular weight is 360 g/mol. The highest BCUT2D eigenvalue weighted by atomic mass is 19.1. The van der Waals surface area contributed by atoms with E-state index in [-0.39, 0.29) is 17.6 Å². The van der Waals surface area contributed by atoms with Crippen LogP contribution >= 0.6 is 0 Å². The molecule has 1 aromatic heterocycles. The number of aromatic nitrogens is 2. The van der Waals surface area contributed by atoms with E-state index in [0.717, 1.165) is 18.4 Å². The van der Waals surface area contributed by atoms with Crippen molar-refractivity contribution in [2.24, 2.45) is 0 Å². The molecular weight excluding hydrogens is 335 g/mol. The number of rotatable bonds is 6. The second-order valence-electron chi connectivity index (χ2n) is 6.93. The van der Waals surface area contributed by atoms with Crippen molar-refractivity contribution < 1.29 is 13.6 Å². The number of hydrogen-bond donors (Lipinski definition) is 0.